The minimum absolute atomic E-state index is 0.0232. The Kier molecular flexibility index (Phi) is 3.61. The summed E-state index contributed by atoms with van der Waals surface area (Å²) in [4.78, 5) is 28.5. The van der Waals surface area contributed by atoms with Gasteiger partial charge < -0.3 is 15.2 Å². The Balaban J connectivity index is 1.79. The summed E-state index contributed by atoms with van der Waals surface area (Å²) in [7, 11) is 0. The zero-order valence-electron chi connectivity index (χ0n) is 11.8. The lowest BCUT2D eigenvalue weighted by atomic mass is 9.97. The van der Waals surface area contributed by atoms with E-state index in [4.69, 9.17) is 0 Å². The van der Waals surface area contributed by atoms with Gasteiger partial charge in [0, 0.05) is 42.5 Å². The fraction of sp³-hybridized carbons (Fsp3) is 0.600. The van der Waals surface area contributed by atoms with E-state index in [1.807, 2.05) is 11.8 Å². The van der Waals surface area contributed by atoms with Crippen LogP contribution in [0.1, 0.15) is 43.0 Å². The van der Waals surface area contributed by atoms with E-state index in [0.29, 0.717) is 30.2 Å². The third-order valence-electron chi connectivity index (χ3n) is 4.51. The second kappa shape index (κ2) is 5.40. The van der Waals surface area contributed by atoms with Crippen molar-refractivity contribution in [2.75, 3.05) is 6.54 Å². The van der Waals surface area contributed by atoms with Gasteiger partial charge in [0.25, 0.3) is 5.91 Å². The highest BCUT2D eigenvalue weighted by Gasteiger charge is 2.37. The number of rotatable bonds is 3. The highest BCUT2D eigenvalue weighted by molar-refractivity contribution is 5.94. The number of nitrogens with one attached hydrogen (secondary N) is 2. The van der Waals surface area contributed by atoms with E-state index in [1.54, 1.807) is 6.07 Å². The molecule has 3 heterocycles. The Morgan fingerprint density at radius 3 is 2.65 bits per heavy atom. The van der Waals surface area contributed by atoms with Crippen LogP contribution in [0.3, 0.4) is 0 Å². The summed E-state index contributed by atoms with van der Waals surface area (Å²) >= 11 is 0. The van der Waals surface area contributed by atoms with Crippen LogP contribution in [-0.4, -0.2) is 40.5 Å². The van der Waals surface area contributed by atoms with E-state index in [-0.39, 0.29) is 11.5 Å². The predicted molar refractivity (Wildman–Crippen MR) is 76.7 cm³/mol. The molecule has 108 valence electrons. The van der Waals surface area contributed by atoms with Crippen molar-refractivity contribution in [1.82, 2.24) is 15.2 Å². The molecule has 2 aliphatic heterocycles. The maximum Gasteiger partial charge on any atom is 0.254 e. The molecule has 0 radical (unpaired) electrons. The number of nitrogens with zero attached hydrogens (tertiary/aromatic N) is 1. The molecule has 1 aromatic rings. The van der Waals surface area contributed by atoms with Crippen molar-refractivity contribution >= 4 is 5.91 Å². The van der Waals surface area contributed by atoms with Gasteiger partial charge in [-0.3, -0.25) is 9.59 Å². The van der Waals surface area contributed by atoms with E-state index in [0.717, 1.165) is 12.8 Å². The predicted octanol–water partition coefficient (Wildman–Crippen LogP) is 1.12. The van der Waals surface area contributed by atoms with Crippen LogP contribution in [0.25, 0.3) is 0 Å². The van der Waals surface area contributed by atoms with Gasteiger partial charge in [-0.1, -0.05) is 0 Å². The Morgan fingerprint density at radius 2 is 2.05 bits per heavy atom. The summed E-state index contributed by atoms with van der Waals surface area (Å²) in [5.41, 5.74) is 0.263. The molecule has 0 aromatic carbocycles. The molecule has 3 rings (SSSR count). The second-order valence-corrected chi connectivity index (χ2v) is 5.80. The molecule has 1 aromatic heterocycles. The van der Waals surface area contributed by atoms with E-state index in [1.165, 1.54) is 25.1 Å². The number of H-pyrrole nitrogens is 1. The lowest BCUT2D eigenvalue weighted by molar-refractivity contribution is 0.0631. The smallest absolute Gasteiger partial charge is 0.254 e. The van der Waals surface area contributed by atoms with Crippen molar-refractivity contribution in [3.63, 3.8) is 0 Å². The summed E-state index contributed by atoms with van der Waals surface area (Å²) in [6.07, 6.45) is 6.03. The number of amides is 1. The van der Waals surface area contributed by atoms with Crippen LogP contribution in [0.15, 0.2) is 23.1 Å². The van der Waals surface area contributed by atoms with Gasteiger partial charge in [0.2, 0.25) is 5.56 Å². The van der Waals surface area contributed by atoms with Crippen molar-refractivity contribution in [1.29, 1.82) is 0 Å². The molecule has 0 saturated carbocycles. The van der Waals surface area contributed by atoms with Gasteiger partial charge in [0.05, 0.1) is 0 Å². The second-order valence-electron chi connectivity index (χ2n) is 5.80. The molecule has 0 spiro atoms. The molecule has 2 N–H and O–H groups in total. The molecule has 2 unspecified atom stereocenters. The average molecular weight is 275 g/mol. The molecular weight excluding hydrogens is 254 g/mol. The number of hydrogen-bond acceptors (Lipinski definition) is 3. The van der Waals surface area contributed by atoms with Crippen LogP contribution in [0.4, 0.5) is 0 Å². The molecule has 2 fully saturated rings. The van der Waals surface area contributed by atoms with Crippen molar-refractivity contribution < 1.29 is 4.79 Å². The van der Waals surface area contributed by atoms with Crippen molar-refractivity contribution in [2.45, 2.75) is 50.7 Å². The number of piperidine rings is 1. The topological polar surface area (TPSA) is 65.2 Å². The standard InChI is InChI=1S/C15H21N3O2/c1-2-18(13-8-11-3-4-12(9-13)17-11)15(20)10-5-6-16-14(19)7-10/h5-7,11-13,17H,2-4,8-9H2,1H3,(H,16,19). The summed E-state index contributed by atoms with van der Waals surface area (Å²) in [6.45, 7) is 2.70. The first-order chi connectivity index (χ1) is 9.67. The van der Waals surface area contributed by atoms with Crippen LogP contribution >= 0.6 is 0 Å². The average Bonchev–Trinajstić information content (AvgIpc) is 2.78. The summed E-state index contributed by atoms with van der Waals surface area (Å²) in [5, 5.41) is 3.59. The maximum atomic E-state index is 12.6. The number of hydrogen-bond donors (Lipinski definition) is 2. The van der Waals surface area contributed by atoms with Crippen LogP contribution in [0.5, 0.6) is 0 Å². The minimum Gasteiger partial charge on any atom is -0.336 e. The quantitative estimate of drug-likeness (QED) is 0.869. The number of aromatic nitrogens is 1. The fourth-order valence-electron chi connectivity index (χ4n) is 3.59. The molecule has 2 atom stereocenters. The Labute approximate surface area is 118 Å². The summed E-state index contributed by atoms with van der Waals surface area (Å²) < 4.78 is 0. The molecule has 0 aliphatic carbocycles. The van der Waals surface area contributed by atoms with Gasteiger partial charge >= 0.3 is 0 Å². The maximum absolute atomic E-state index is 12.6. The molecule has 1 amide bonds. The number of carbonyl (C=O) groups is 1. The van der Waals surface area contributed by atoms with Gasteiger partial charge in [-0.25, -0.2) is 0 Å². The van der Waals surface area contributed by atoms with Gasteiger partial charge in [0.15, 0.2) is 0 Å². The Morgan fingerprint density at radius 1 is 1.35 bits per heavy atom. The highest BCUT2D eigenvalue weighted by Crippen LogP contribution is 2.30. The molecule has 5 nitrogen and oxygen atoms in total. The lowest BCUT2D eigenvalue weighted by Crippen LogP contribution is -2.50. The monoisotopic (exact) mass is 275 g/mol. The van der Waals surface area contributed by atoms with Gasteiger partial charge in [0.1, 0.15) is 0 Å². The lowest BCUT2D eigenvalue weighted by Gasteiger charge is -2.37. The molecule has 20 heavy (non-hydrogen) atoms. The van der Waals surface area contributed by atoms with Crippen molar-refractivity contribution in [3.05, 3.63) is 34.2 Å². The SMILES string of the molecule is CCN(C(=O)c1cc[nH]c(=O)c1)C1CC2CCC(C1)N2. The third-order valence-corrected chi connectivity index (χ3v) is 4.51. The molecule has 2 bridgehead atoms. The first-order valence-electron chi connectivity index (χ1n) is 7.43. The first-order valence-corrected chi connectivity index (χ1v) is 7.43. The number of fused-ring (bicyclic) bond motifs is 2. The van der Waals surface area contributed by atoms with Gasteiger partial charge in [-0.05, 0) is 38.7 Å². The van der Waals surface area contributed by atoms with Crippen molar-refractivity contribution in [2.24, 2.45) is 0 Å². The van der Waals surface area contributed by atoms with Crippen LogP contribution in [0.2, 0.25) is 0 Å². The zero-order valence-corrected chi connectivity index (χ0v) is 11.8. The van der Waals surface area contributed by atoms with Crippen LogP contribution in [-0.2, 0) is 0 Å². The summed E-state index contributed by atoms with van der Waals surface area (Å²) in [5.74, 6) is -0.0232. The highest BCUT2D eigenvalue weighted by atomic mass is 16.2. The van der Waals surface area contributed by atoms with E-state index >= 15 is 0 Å². The number of carbonyl (C=O) groups excluding carboxylic acids is 1. The van der Waals surface area contributed by atoms with Gasteiger partial charge in [-0.2, -0.15) is 0 Å². The molecule has 2 saturated heterocycles. The van der Waals surface area contributed by atoms with Crippen LogP contribution < -0.4 is 10.9 Å². The zero-order chi connectivity index (χ0) is 14.1. The normalized spacial score (nSPS) is 28.4. The van der Waals surface area contributed by atoms with Crippen molar-refractivity contribution in [3.8, 4) is 0 Å². The van der Waals surface area contributed by atoms with Gasteiger partial charge in [-0.15, -0.1) is 0 Å². The minimum atomic E-state index is -0.225. The van der Waals surface area contributed by atoms with E-state index in [9.17, 15) is 9.59 Å². The number of aromatic amines is 1. The van der Waals surface area contributed by atoms with E-state index in [2.05, 4.69) is 10.3 Å². The number of pyridine rings is 1. The third kappa shape index (κ3) is 2.50. The Hall–Kier alpha value is -1.62. The summed E-state index contributed by atoms with van der Waals surface area (Å²) in [6, 6.07) is 4.48. The van der Waals surface area contributed by atoms with Crippen LogP contribution in [0, 0.1) is 0 Å². The fourth-order valence-corrected chi connectivity index (χ4v) is 3.59. The molecule has 5 heteroatoms. The first kappa shape index (κ1) is 13.4. The molecule has 2 aliphatic rings. The molecular formula is C15H21N3O2. The van der Waals surface area contributed by atoms with E-state index < -0.39 is 0 Å². The largest absolute Gasteiger partial charge is 0.336 e. The Bertz CT molecular complexity index is 542.